The molecule has 180 valence electrons. The van der Waals surface area contributed by atoms with E-state index >= 15 is 0 Å². The van der Waals surface area contributed by atoms with Crippen molar-refractivity contribution in [2.45, 2.75) is 32.1 Å². The molecule has 0 saturated carbocycles. The molecule has 5 N–H and O–H groups in total. The van der Waals surface area contributed by atoms with Gasteiger partial charge in [0.1, 0.15) is 6.04 Å². The van der Waals surface area contributed by atoms with E-state index in [0.29, 0.717) is 5.56 Å². The van der Waals surface area contributed by atoms with Crippen molar-refractivity contribution in [3.63, 3.8) is 0 Å². The number of benzene rings is 2. The molecule has 1 aromatic heterocycles. The Labute approximate surface area is 205 Å². The summed E-state index contributed by atoms with van der Waals surface area (Å²) >= 11 is 0. The molecule has 0 aliphatic rings. The fourth-order valence-corrected chi connectivity index (χ4v) is 3.44. The number of hydroxylamine groups is 1. The van der Waals surface area contributed by atoms with Crippen LogP contribution >= 0.6 is 0 Å². The van der Waals surface area contributed by atoms with Gasteiger partial charge >= 0.3 is 0 Å². The Balaban J connectivity index is 1.57. The molecule has 3 aromatic rings. The molecule has 0 aliphatic carbocycles. The van der Waals surface area contributed by atoms with Crippen LogP contribution in [-0.4, -0.2) is 46.0 Å². The molecule has 0 aliphatic heterocycles. The number of carbonyl (C=O) groups excluding carboxylic acids is 2. The fraction of sp³-hybridized carbons (Fsp3) is 0.222. The highest BCUT2D eigenvalue weighted by molar-refractivity contribution is 5.97. The van der Waals surface area contributed by atoms with E-state index in [2.05, 4.69) is 52.3 Å². The summed E-state index contributed by atoms with van der Waals surface area (Å²) in [5.41, 5.74) is 11.6. The second-order valence-electron chi connectivity index (χ2n) is 8.34. The number of nitrogens with two attached hydrogens (primary N) is 1. The summed E-state index contributed by atoms with van der Waals surface area (Å²) in [4.78, 5) is 30.5. The highest BCUT2D eigenvalue weighted by Gasteiger charge is 2.24. The smallest absolute Gasteiger partial charge is 0.267 e. The van der Waals surface area contributed by atoms with Crippen LogP contribution < -0.4 is 16.5 Å². The SMILES string of the molecule is C[C@@H](N)[C@H](NC(=O)c1ccc(C#Cc2ccc(CN(C)Cc3cccnc3)cc2)cc1)C(=O)NO. The van der Waals surface area contributed by atoms with Crippen LogP contribution in [0.2, 0.25) is 0 Å². The molecule has 2 aromatic carbocycles. The van der Waals surface area contributed by atoms with Gasteiger partial charge in [-0.2, -0.15) is 0 Å². The number of aromatic nitrogens is 1. The zero-order valence-corrected chi connectivity index (χ0v) is 19.7. The highest BCUT2D eigenvalue weighted by atomic mass is 16.5. The first-order chi connectivity index (χ1) is 16.9. The van der Waals surface area contributed by atoms with Crippen LogP contribution in [0.15, 0.2) is 73.1 Å². The van der Waals surface area contributed by atoms with Crippen LogP contribution in [0.1, 0.15) is 39.5 Å². The van der Waals surface area contributed by atoms with Crippen molar-refractivity contribution in [2.24, 2.45) is 5.73 Å². The lowest BCUT2D eigenvalue weighted by Gasteiger charge is -2.20. The Morgan fingerprint density at radius 1 is 1.00 bits per heavy atom. The van der Waals surface area contributed by atoms with E-state index in [9.17, 15) is 9.59 Å². The van der Waals surface area contributed by atoms with Crippen LogP contribution in [-0.2, 0) is 17.9 Å². The molecule has 35 heavy (non-hydrogen) atoms. The monoisotopic (exact) mass is 471 g/mol. The van der Waals surface area contributed by atoms with E-state index in [1.54, 1.807) is 37.4 Å². The van der Waals surface area contributed by atoms with E-state index in [-0.39, 0.29) is 0 Å². The maximum atomic E-state index is 12.4. The molecular formula is C27H29N5O3. The standard InChI is InChI=1S/C27H29N5O3/c1-19(28)25(27(34)31-35)30-26(33)24-13-11-21(12-14-24)6-5-20-7-9-22(10-8-20)17-32(2)18-23-4-3-15-29-16-23/h3-4,7-16,19,25,35H,17-18,28H2,1-2H3,(H,30,33)(H,31,34)/t19-,25+/m1/s1. The van der Waals surface area contributed by atoms with Gasteiger partial charge in [0.25, 0.3) is 11.8 Å². The second kappa shape index (κ2) is 12.4. The Bertz CT molecular complexity index is 1180. The summed E-state index contributed by atoms with van der Waals surface area (Å²) in [5, 5.41) is 11.3. The van der Waals surface area contributed by atoms with Gasteiger partial charge in [0.2, 0.25) is 0 Å². The van der Waals surface area contributed by atoms with E-state index in [1.165, 1.54) is 16.6 Å². The van der Waals surface area contributed by atoms with Crippen molar-refractivity contribution >= 4 is 11.8 Å². The van der Waals surface area contributed by atoms with Gasteiger partial charge in [-0.15, -0.1) is 0 Å². The number of nitrogens with one attached hydrogen (secondary N) is 2. The third-order valence-corrected chi connectivity index (χ3v) is 5.29. The Kier molecular flexibility index (Phi) is 9.09. The summed E-state index contributed by atoms with van der Waals surface area (Å²) in [7, 11) is 2.07. The zero-order chi connectivity index (χ0) is 25.2. The van der Waals surface area contributed by atoms with Crippen molar-refractivity contribution in [1.29, 1.82) is 0 Å². The van der Waals surface area contributed by atoms with Gasteiger partial charge < -0.3 is 11.1 Å². The lowest BCUT2D eigenvalue weighted by Crippen LogP contribution is -2.54. The largest absolute Gasteiger partial charge is 0.339 e. The quantitative estimate of drug-likeness (QED) is 0.227. The Morgan fingerprint density at radius 3 is 2.14 bits per heavy atom. The first-order valence-electron chi connectivity index (χ1n) is 11.1. The molecule has 8 heteroatoms. The summed E-state index contributed by atoms with van der Waals surface area (Å²) in [6, 6.07) is 17.1. The van der Waals surface area contributed by atoms with Crippen molar-refractivity contribution in [2.75, 3.05) is 7.05 Å². The normalized spacial score (nSPS) is 12.3. The highest BCUT2D eigenvalue weighted by Crippen LogP contribution is 2.10. The third-order valence-electron chi connectivity index (χ3n) is 5.29. The fourth-order valence-electron chi connectivity index (χ4n) is 3.44. The molecular weight excluding hydrogens is 442 g/mol. The first kappa shape index (κ1) is 25.6. The van der Waals surface area contributed by atoms with Crippen molar-refractivity contribution in [3.05, 3.63) is 101 Å². The summed E-state index contributed by atoms with van der Waals surface area (Å²) in [5.74, 6) is 4.97. The molecule has 0 radical (unpaired) electrons. The molecule has 2 atom stereocenters. The summed E-state index contributed by atoms with van der Waals surface area (Å²) in [6.07, 6.45) is 3.65. The number of carbonyl (C=O) groups is 2. The third kappa shape index (κ3) is 7.76. The molecule has 2 amide bonds. The number of hydrogen-bond donors (Lipinski definition) is 4. The predicted octanol–water partition coefficient (Wildman–Crippen LogP) is 2.06. The molecule has 0 unspecified atom stereocenters. The molecule has 3 rings (SSSR count). The van der Waals surface area contributed by atoms with E-state index in [0.717, 1.165) is 24.2 Å². The molecule has 0 bridgehead atoms. The maximum absolute atomic E-state index is 12.4. The zero-order valence-electron chi connectivity index (χ0n) is 19.7. The van der Waals surface area contributed by atoms with Crippen LogP contribution in [0.5, 0.6) is 0 Å². The first-order valence-corrected chi connectivity index (χ1v) is 11.1. The Hall–Kier alpha value is -4.03. The van der Waals surface area contributed by atoms with Crippen molar-refractivity contribution in [3.8, 4) is 11.8 Å². The minimum absolute atomic E-state index is 0.353. The number of pyridine rings is 1. The van der Waals surface area contributed by atoms with Crippen molar-refractivity contribution < 1.29 is 14.8 Å². The van der Waals surface area contributed by atoms with E-state index < -0.39 is 23.9 Å². The number of nitrogens with zero attached hydrogens (tertiary/aromatic N) is 2. The maximum Gasteiger partial charge on any atom is 0.267 e. The van der Waals surface area contributed by atoms with E-state index in [1.807, 2.05) is 24.4 Å². The molecule has 0 spiro atoms. The summed E-state index contributed by atoms with van der Waals surface area (Å²) < 4.78 is 0. The van der Waals surface area contributed by atoms with Gasteiger partial charge in [0.15, 0.2) is 0 Å². The van der Waals surface area contributed by atoms with Crippen LogP contribution in [0.4, 0.5) is 0 Å². The number of hydrogen-bond acceptors (Lipinski definition) is 6. The van der Waals surface area contributed by atoms with E-state index in [4.69, 9.17) is 10.9 Å². The van der Waals surface area contributed by atoms with Gasteiger partial charge in [-0.25, -0.2) is 5.48 Å². The van der Waals surface area contributed by atoms with Gasteiger partial charge in [-0.05, 0) is 67.6 Å². The minimum atomic E-state index is -1.05. The Morgan fingerprint density at radius 2 is 1.60 bits per heavy atom. The molecule has 1 heterocycles. The topological polar surface area (TPSA) is 121 Å². The second-order valence-corrected chi connectivity index (χ2v) is 8.34. The number of rotatable bonds is 8. The van der Waals surface area contributed by atoms with Crippen molar-refractivity contribution in [1.82, 2.24) is 20.7 Å². The average molecular weight is 472 g/mol. The summed E-state index contributed by atoms with van der Waals surface area (Å²) in [6.45, 7) is 3.20. The average Bonchev–Trinajstić information content (AvgIpc) is 2.87. The molecule has 0 fully saturated rings. The molecule has 8 nitrogen and oxygen atoms in total. The van der Waals surface area contributed by atoms with Gasteiger partial charge in [-0.1, -0.05) is 30.0 Å². The molecule has 0 saturated heterocycles. The van der Waals surface area contributed by atoms with Crippen LogP contribution in [0, 0.1) is 11.8 Å². The van der Waals surface area contributed by atoms with Gasteiger partial charge in [0, 0.05) is 48.2 Å². The van der Waals surface area contributed by atoms with Crippen LogP contribution in [0.25, 0.3) is 0 Å². The lowest BCUT2D eigenvalue weighted by molar-refractivity contribution is -0.131. The predicted molar refractivity (Wildman–Crippen MR) is 133 cm³/mol. The van der Waals surface area contributed by atoms with Crippen LogP contribution in [0.3, 0.4) is 0 Å². The minimum Gasteiger partial charge on any atom is -0.339 e. The van der Waals surface area contributed by atoms with Gasteiger partial charge in [-0.3, -0.25) is 24.7 Å². The van der Waals surface area contributed by atoms with Gasteiger partial charge in [0.05, 0.1) is 0 Å². The number of amides is 2. The lowest BCUT2D eigenvalue weighted by atomic mass is 10.1.